The highest BCUT2D eigenvalue weighted by Crippen LogP contribution is 2.33. The largest absolute Gasteiger partial charge is 0.456 e. The summed E-state index contributed by atoms with van der Waals surface area (Å²) < 4.78 is 5.67. The maximum Gasteiger partial charge on any atom is 0.326 e. The lowest BCUT2D eigenvalue weighted by Crippen LogP contribution is -2.46. The SMILES string of the molecule is CNC(C)(C)C(=O)OC1CCCc2ccccc21. The summed E-state index contributed by atoms with van der Waals surface area (Å²) in [4.78, 5) is 12.1. The van der Waals surface area contributed by atoms with Crippen LogP contribution in [0.1, 0.15) is 43.9 Å². The summed E-state index contributed by atoms with van der Waals surface area (Å²) in [6.07, 6.45) is 2.99. The number of carbonyl (C=O) groups is 1. The number of esters is 1. The maximum atomic E-state index is 12.1. The zero-order valence-corrected chi connectivity index (χ0v) is 11.3. The zero-order valence-electron chi connectivity index (χ0n) is 11.3. The molecule has 0 saturated carbocycles. The van der Waals surface area contributed by atoms with Crippen molar-refractivity contribution in [2.24, 2.45) is 0 Å². The molecule has 1 N–H and O–H groups in total. The number of hydrogen-bond acceptors (Lipinski definition) is 3. The van der Waals surface area contributed by atoms with E-state index in [-0.39, 0.29) is 12.1 Å². The summed E-state index contributed by atoms with van der Waals surface area (Å²) in [5, 5.41) is 2.98. The Balaban J connectivity index is 2.15. The summed E-state index contributed by atoms with van der Waals surface area (Å²) in [6, 6.07) is 8.24. The van der Waals surface area contributed by atoms with Gasteiger partial charge in [-0.3, -0.25) is 4.79 Å². The molecular weight excluding hydrogens is 226 g/mol. The number of nitrogens with one attached hydrogen (secondary N) is 1. The van der Waals surface area contributed by atoms with E-state index in [1.54, 1.807) is 7.05 Å². The molecule has 0 aliphatic heterocycles. The van der Waals surface area contributed by atoms with Crippen LogP contribution < -0.4 is 5.32 Å². The van der Waals surface area contributed by atoms with Crippen molar-refractivity contribution in [2.45, 2.75) is 44.8 Å². The van der Waals surface area contributed by atoms with Gasteiger partial charge in [0.2, 0.25) is 0 Å². The Morgan fingerprint density at radius 3 is 2.83 bits per heavy atom. The molecule has 98 valence electrons. The van der Waals surface area contributed by atoms with Crippen LogP contribution in [-0.2, 0) is 16.0 Å². The van der Waals surface area contributed by atoms with Crippen molar-refractivity contribution in [3.63, 3.8) is 0 Å². The van der Waals surface area contributed by atoms with Crippen LogP contribution >= 0.6 is 0 Å². The fourth-order valence-electron chi connectivity index (χ4n) is 2.21. The van der Waals surface area contributed by atoms with Crippen LogP contribution in [0.15, 0.2) is 24.3 Å². The highest BCUT2D eigenvalue weighted by atomic mass is 16.5. The minimum absolute atomic E-state index is 0.0879. The van der Waals surface area contributed by atoms with E-state index < -0.39 is 5.54 Å². The van der Waals surface area contributed by atoms with Gasteiger partial charge in [0.05, 0.1) is 0 Å². The lowest BCUT2D eigenvalue weighted by molar-refractivity contribution is -0.156. The Kier molecular flexibility index (Phi) is 3.71. The van der Waals surface area contributed by atoms with Crippen LogP contribution in [0.3, 0.4) is 0 Å². The van der Waals surface area contributed by atoms with Crippen molar-refractivity contribution < 1.29 is 9.53 Å². The molecule has 1 aromatic carbocycles. The van der Waals surface area contributed by atoms with E-state index in [0.29, 0.717) is 0 Å². The number of carbonyl (C=O) groups excluding carboxylic acids is 1. The molecule has 18 heavy (non-hydrogen) atoms. The normalized spacial score (nSPS) is 19.2. The van der Waals surface area contributed by atoms with Crippen LogP contribution in [0.25, 0.3) is 0 Å². The molecule has 2 rings (SSSR count). The minimum atomic E-state index is -0.633. The predicted molar refractivity (Wildman–Crippen MR) is 71.4 cm³/mol. The average Bonchev–Trinajstić information content (AvgIpc) is 2.39. The van der Waals surface area contributed by atoms with E-state index >= 15 is 0 Å². The van der Waals surface area contributed by atoms with Crippen LogP contribution in [0.5, 0.6) is 0 Å². The van der Waals surface area contributed by atoms with Gasteiger partial charge < -0.3 is 10.1 Å². The molecule has 3 nitrogen and oxygen atoms in total. The number of hydrogen-bond donors (Lipinski definition) is 1. The van der Waals surface area contributed by atoms with Gasteiger partial charge in [-0.25, -0.2) is 0 Å². The van der Waals surface area contributed by atoms with E-state index in [2.05, 4.69) is 17.4 Å². The van der Waals surface area contributed by atoms with E-state index in [0.717, 1.165) is 19.3 Å². The molecule has 1 aliphatic carbocycles. The first-order valence-corrected chi connectivity index (χ1v) is 6.52. The van der Waals surface area contributed by atoms with Gasteiger partial charge in [-0.1, -0.05) is 24.3 Å². The monoisotopic (exact) mass is 247 g/mol. The van der Waals surface area contributed by atoms with Crippen LogP contribution in [-0.4, -0.2) is 18.6 Å². The fourth-order valence-corrected chi connectivity index (χ4v) is 2.21. The quantitative estimate of drug-likeness (QED) is 0.834. The van der Waals surface area contributed by atoms with Gasteiger partial charge in [-0.05, 0) is 51.3 Å². The molecule has 1 unspecified atom stereocenters. The molecule has 3 heteroatoms. The van der Waals surface area contributed by atoms with Crippen LogP contribution in [0.2, 0.25) is 0 Å². The Morgan fingerprint density at radius 1 is 1.39 bits per heavy atom. The first kappa shape index (κ1) is 13.1. The van der Waals surface area contributed by atoms with Crippen molar-refractivity contribution in [3.05, 3.63) is 35.4 Å². The van der Waals surface area contributed by atoms with Crippen molar-refractivity contribution >= 4 is 5.97 Å². The predicted octanol–water partition coefficient (Wildman–Crippen LogP) is 2.61. The number of aryl methyl sites for hydroxylation is 1. The Labute approximate surface area is 109 Å². The minimum Gasteiger partial charge on any atom is -0.456 e. The highest BCUT2D eigenvalue weighted by Gasteiger charge is 2.31. The standard InChI is InChI=1S/C15H21NO2/c1-15(2,16-3)14(17)18-13-10-6-8-11-7-4-5-9-12(11)13/h4-5,7,9,13,16H,6,8,10H2,1-3H3. The third-order valence-electron chi connectivity index (χ3n) is 3.70. The Morgan fingerprint density at radius 2 is 2.11 bits per heavy atom. The van der Waals surface area contributed by atoms with Gasteiger partial charge in [0.15, 0.2) is 0 Å². The van der Waals surface area contributed by atoms with Crippen LogP contribution in [0, 0.1) is 0 Å². The number of likely N-dealkylation sites (N-methyl/N-ethyl adjacent to an activating group) is 1. The maximum absolute atomic E-state index is 12.1. The van der Waals surface area contributed by atoms with Gasteiger partial charge in [0.25, 0.3) is 0 Å². The van der Waals surface area contributed by atoms with E-state index in [1.165, 1.54) is 11.1 Å². The smallest absolute Gasteiger partial charge is 0.326 e. The van der Waals surface area contributed by atoms with Crippen molar-refractivity contribution in [2.75, 3.05) is 7.05 Å². The Hall–Kier alpha value is -1.35. The molecule has 0 saturated heterocycles. The molecule has 0 bridgehead atoms. The van der Waals surface area contributed by atoms with Gasteiger partial charge in [-0.2, -0.15) is 0 Å². The molecule has 0 heterocycles. The van der Waals surface area contributed by atoms with Gasteiger partial charge in [0, 0.05) is 0 Å². The molecule has 1 atom stereocenters. The number of fused-ring (bicyclic) bond motifs is 1. The third-order valence-corrected chi connectivity index (χ3v) is 3.70. The summed E-state index contributed by atoms with van der Waals surface area (Å²) in [5.41, 5.74) is 1.85. The first-order valence-electron chi connectivity index (χ1n) is 6.52. The molecule has 0 spiro atoms. The zero-order chi connectivity index (χ0) is 13.2. The number of rotatable bonds is 3. The second-order valence-electron chi connectivity index (χ2n) is 5.36. The lowest BCUT2D eigenvalue weighted by atomic mass is 9.89. The lowest BCUT2D eigenvalue weighted by Gasteiger charge is -2.29. The second-order valence-corrected chi connectivity index (χ2v) is 5.36. The van der Waals surface area contributed by atoms with Crippen molar-refractivity contribution in [1.29, 1.82) is 0 Å². The average molecular weight is 247 g/mol. The molecule has 0 radical (unpaired) electrons. The van der Waals surface area contributed by atoms with E-state index in [1.807, 2.05) is 26.0 Å². The highest BCUT2D eigenvalue weighted by molar-refractivity contribution is 5.80. The molecular formula is C15H21NO2. The molecule has 1 aromatic rings. The first-order chi connectivity index (χ1) is 8.54. The molecule has 0 amide bonds. The third kappa shape index (κ3) is 2.56. The summed E-state index contributed by atoms with van der Waals surface area (Å²) in [5.74, 6) is -0.188. The fraction of sp³-hybridized carbons (Fsp3) is 0.533. The van der Waals surface area contributed by atoms with E-state index in [4.69, 9.17) is 4.74 Å². The van der Waals surface area contributed by atoms with Crippen molar-refractivity contribution in [3.8, 4) is 0 Å². The van der Waals surface area contributed by atoms with Gasteiger partial charge >= 0.3 is 5.97 Å². The van der Waals surface area contributed by atoms with Gasteiger partial charge in [0.1, 0.15) is 11.6 Å². The molecule has 0 fully saturated rings. The molecule has 0 aromatic heterocycles. The number of benzene rings is 1. The molecule has 1 aliphatic rings. The van der Waals surface area contributed by atoms with Crippen LogP contribution in [0.4, 0.5) is 0 Å². The summed E-state index contributed by atoms with van der Waals surface area (Å²) in [7, 11) is 1.77. The van der Waals surface area contributed by atoms with Gasteiger partial charge in [-0.15, -0.1) is 0 Å². The topological polar surface area (TPSA) is 38.3 Å². The summed E-state index contributed by atoms with van der Waals surface area (Å²) >= 11 is 0. The number of ether oxygens (including phenoxy) is 1. The van der Waals surface area contributed by atoms with E-state index in [9.17, 15) is 4.79 Å². The van der Waals surface area contributed by atoms with Crippen molar-refractivity contribution in [1.82, 2.24) is 5.32 Å². The Bertz CT molecular complexity index is 440. The second kappa shape index (κ2) is 5.11. The summed E-state index contributed by atoms with van der Waals surface area (Å²) in [6.45, 7) is 3.67.